The van der Waals surface area contributed by atoms with E-state index in [4.69, 9.17) is 16.4 Å². The lowest BCUT2D eigenvalue weighted by Gasteiger charge is -2.24. The molecular weight excluding hydrogens is 338 g/mol. The maximum atomic E-state index is 12.0. The fraction of sp³-hybridized carbons (Fsp3) is 0.235. The molecule has 2 aromatic carbocycles. The van der Waals surface area contributed by atoms with Gasteiger partial charge in [0, 0.05) is 24.7 Å². The molecule has 0 aliphatic rings. The monoisotopic (exact) mass is 359 g/mol. The molecule has 0 atom stereocenters. The van der Waals surface area contributed by atoms with Crippen LogP contribution in [0.5, 0.6) is 5.75 Å². The second kappa shape index (κ2) is 7.81. The summed E-state index contributed by atoms with van der Waals surface area (Å²) in [5, 5.41) is 12.7. The van der Waals surface area contributed by atoms with Gasteiger partial charge in [-0.1, -0.05) is 12.1 Å². The van der Waals surface area contributed by atoms with Crippen LogP contribution in [0.3, 0.4) is 0 Å². The fourth-order valence-corrected chi connectivity index (χ4v) is 2.43. The standard InChI is InChI=1S/C17H21N5O4/c1-11-5-4-6-15(21(19)17(23)20(3)18)14(11)10-26-16-8-7-13(22(24)25)9-12(16)2/h4-9H,10,18-19H2,1-3H3. The molecule has 0 heterocycles. The van der Waals surface area contributed by atoms with Crippen molar-refractivity contribution in [1.82, 2.24) is 5.01 Å². The summed E-state index contributed by atoms with van der Waals surface area (Å²) in [7, 11) is 1.40. The first kappa shape index (κ1) is 19.2. The summed E-state index contributed by atoms with van der Waals surface area (Å²) in [6, 6.07) is 9.12. The number of aryl methyl sites for hydroxylation is 2. The Morgan fingerprint density at radius 3 is 2.46 bits per heavy atom. The van der Waals surface area contributed by atoms with Crippen molar-refractivity contribution < 1.29 is 14.5 Å². The average molecular weight is 359 g/mol. The number of amides is 2. The van der Waals surface area contributed by atoms with Gasteiger partial charge in [-0.05, 0) is 37.1 Å². The van der Waals surface area contributed by atoms with Crippen LogP contribution in [-0.2, 0) is 6.61 Å². The third-order valence-electron chi connectivity index (χ3n) is 3.89. The van der Waals surface area contributed by atoms with Crippen LogP contribution in [0.1, 0.15) is 16.7 Å². The highest BCUT2D eigenvalue weighted by atomic mass is 16.6. The molecule has 0 bridgehead atoms. The molecule has 2 amide bonds. The van der Waals surface area contributed by atoms with Crippen molar-refractivity contribution in [3.05, 3.63) is 63.2 Å². The van der Waals surface area contributed by atoms with E-state index in [1.54, 1.807) is 25.1 Å². The van der Waals surface area contributed by atoms with Gasteiger partial charge in [0.2, 0.25) is 0 Å². The van der Waals surface area contributed by atoms with E-state index in [1.165, 1.54) is 19.2 Å². The lowest BCUT2D eigenvalue weighted by molar-refractivity contribution is -0.384. The molecule has 0 unspecified atom stereocenters. The van der Waals surface area contributed by atoms with Gasteiger partial charge < -0.3 is 4.74 Å². The van der Waals surface area contributed by atoms with Crippen LogP contribution >= 0.6 is 0 Å². The van der Waals surface area contributed by atoms with E-state index in [0.717, 1.165) is 15.6 Å². The third-order valence-corrected chi connectivity index (χ3v) is 3.89. The lowest BCUT2D eigenvalue weighted by Crippen LogP contribution is -2.49. The molecule has 0 fully saturated rings. The summed E-state index contributed by atoms with van der Waals surface area (Å²) in [6.07, 6.45) is 0. The van der Waals surface area contributed by atoms with Gasteiger partial charge in [-0.2, -0.15) is 0 Å². The Hall–Kier alpha value is -3.17. The summed E-state index contributed by atoms with van der Waals surface area (Å²) in [5.41, 5.74) is 2.69. The largest absolute Gasteiger partial charge is 0.489 e. The van der Waals surface area contributed by atoms with Crippen molar-refractivity contribution in [1.29, 1.82) is 0 Å². The van der Waals surface area contributed by atoms with E-state index in [2.05, 4.69) is 0 Å². The molecule has 138 valence electrons. The maximum Gasteiger partial charge on any atom is 0.352 e. The predicted molar refractivity (Wildman–Crippen MR) is 97.4 cm³/mol. The Bertz CT molecular complexity index is 838. The summed E-state index contributed by atoms with van der Waals surface area (Å²) in [6.45, 7) is 3.73. The molecule has 26 heavy (non-hydrogen) atoms. The number of carbonyl (C=O) groups excluding carboxylic acids is 1. The first-order valence-corrected chi connectivity index (χ1v) is 7.76. The van der Waals surface area contributed by atoms with E-state index < -0.39 is 11.0 Å². The van der Waals surface area contributed by atoms with Crippen molar-refractivity contribution >= 4 is 17.4 Å². The van der Waals surface area contributed by atoms with Crippen LogP contribution in [0.25, 0.3) is 0 Å². The van der Waals surface area contributed by atoms with Crippen molar-refractivity contribution in [2.45, 2.75) is 20.5 Å². The Morgan fingerprint density at radius 1 is 1.19 bits per heavy atom. The van der Waals surface area contributed by atoms with Gasteiger partial charge >= 0.3 is 6.03 Å². The normalized spacial score (nSPS) is 10.3. The zero-order valence-electron chi connectivity index (χ0n) is 14.8. The van der Waals surface area contributed by atoms with Crippen LogP contribution in [-0.4, -0.2) is 23.0 Å². The number of carbonyl (C=O) groups is 1. The molecule has 0 aliphatic carbocycles. The molecule has 9 nitrogen and oxygen atoms in total. The highest BCUT2D eigenvalue weighted by Gasteiger charge is 2.19. The third kappa shape index (κ3) is 4.08. The fourth-order valence-electron chi connectivity index (χ4n) is 2.43. The first-order chi connectivity index (χ1) is 12.2. The molecule has 2 rings (SSSR count). The Morgan fingerprint density at radius 2 is 1.88 bits per heavy atom. The molecule has 0 aliphatic heterocycles. The first-order valence-electron chi connectivity index (χ1n) is 7.76. The number of nitrogens with two attached hydrogens (primary N) is 2. The highest BCUT2D eigenvalue weighted by molar-refractivity contribution is 5.91. The van der Waals surface area contributed by atoms with Gasteiger partial charge in [-0.25, -0.2) is 21.5 Å². The number of nitro groups is 1. The Labute approximate surface area is 150 Å². The van der Waals surface area contributed by atoms with Crippen molar-refractivity contribution in [3.63, 3.8) is 0 Å². The topological polar surface area (TPSA) is 128 Å². The zero-order valence-corrected chi connectivity index (χ0v) is 14.8. The number of hydrazine groups is 2. The number of ether oxygens (including phenoxy) is 1. The molecule has 2 aromatic rings. The second-order valence-corrected chi connectivity index (χ2v) is 5.83. The number of non-ortho nitro benzene ring substituents is 1. The van der Waals surface area contributed by atoms with Gasteiger partial charge in [-0.3, -0.25) is 15.1 Å². The quantitative estimate of drug-likeness (QED) is 0.365. The number of urea groups is 1. The number of benzene rings is 2. The molecule has 9 heteroatoms. The Kier molecular flexibility index (Phi) is 5.75. The predicted octanol–water partition coefficient (Wildman–Crippen LogP) is 2.40. The van der Waals surface area contributed by atoms with Gasteiger partial charge in [-0.15, -0.1) is 0 Å². The lowest BCUT2D eigenvalue weighted by atomic mass is 10.1. The molecule has 0 aromatic heterocycles. The number of nitro benzene ring substituents is 1. The number of rotatable bonds is 5. The number of anilines is 1. The summed E-state index contributed by atoms with van der Waals surface area (Å²) in [5.74, 6) is 11.9. The van der Waals surface area contributed by atoms with E-state index in [1.807, 2.05) is 13.0 Å². The smallest absolute Gasteiger partial charge is 0.352 e. The average Bonchev–Trinajstić information content (AvgIpc) is 2.59. The maximum absolute atomic E-state index is 12.0. The highest BCUT2D eigenvalue weighted by Crippen LogP contribution is 2.27. The van der Waals surface area contributed by atoms with Crippen molar-refractivity contribution in [3.8, 4) is 5.75 Å². The van der Waals surface area contributed by atoms with Crippen LogP contribution in [0.4, 0.5) is 16.2 Å². The van der Waals surface area contributed by atoms with Crippen LogP contribution < -0.4 is 21.4 Å². The SMILES string of the molecule is Cc1cc([N+](=O)[O-])ccc1OCc1c(C)cccc1N(N)C(=O)N(C)N. The minimum absolute atomic E-state index is 0.00357. The van der Waals surface area contributed by atoms with Gasteiger partial charge in [0.1, 0.15) is 12.4 Å². The summed E-state index contributed by atoms with van der Waals surface area (Å²) >= 11 is 0. The van der Waals surface area contributed by atoms with Crippen LogP contribution in [0.15, 0.2) is 36.4 Å². The van der Waals surface area contributed by atoms with Crippen LogP contribution in [0.2, 0.25) is 0 Å². The number of hydrogen-bond acceptors (Lipinski definition) is 6. The molecule has 0 saturated carbocycles. The molecular formula is C17H21N5O4. The van der Waals surface area contributed by atoms with Crippen molar-refractivity contribution in [2.24, 2.45) is 11.7 Å². The van der Waals surface area contributed by atoms with E-state index in [0.29, 0.717) is 22.6 Å². The Balaban J connectivity index is 2.27. The van der Waals surface area contributed by atoms with Crippen LogP contribution in [0, 0.1) is 24.0 Å². The summed E-state index contributed by atoms with van der Waals surface area (Å²) in [4.78, 5) is 22.4. The number of hydrogen-bond donors (Lipinski definition) is 2. The molecule has 0 radical (unpaired) electrons. The van der Waals surface area contributed by atoms with Gasteiger partial charge in [0.05, 0.1) is 10.6 Å². The minimum atomic E-state index is -0.580. The second-order valence-electron chi connectivity index (χ2n) is 5.83. The van der Waals surface area contributed by atoms with Gasteiger partial charge in [0.25, 0.3) is 5.69 Å². The van der Waals surface area contributed by atoms with E-state index in [-0.39, 0.29) is 12.3 Å². The van der Waals surface area contributed by atoms with Crippen molar-refractivity contribution in [2.75, 3.05) is 12.1 Å². The number of nitrogens with zero attached hydrogens (tertiary/aromatic N) is 3. The minimum Gasteiger partial charge on any atom is -0.489 e. The van der Waals surface area contributed by atoms with Gasteiger partial charge in [0.15, 0.2) is 0 Å². The molecule has 4 N–H and O–H groups in total. The summed E-state index contributed by atoms with van der Waals surface area (Å²) < 4.78 is 5.81. The van der Waals surface area contributed by atoms with E-state index in [9.17, 15) is 14.9 Å². The molecule has 0 saturated heterocycles. The molecule has 0 spiro atoms. The zero-order chi connectivity index (χ0) is 19.4. The van der Waals surface area contributed by atoms with E-state index >= 15 is 0 Å².